The second-order valence-corrected chi connectivity index (χ2v) is 6.20. The van der Waals surface area contributed by atoms with Gasteiger partial charge in [-0.15, -0.1) is 0 Å². The van der Waals surface area contributed by atoms with Crippen LogP contribution in [0.3, 0.4) is 0 Å². The SMILES string of the molecule is CN(C)CCCN(C)CC1(CBr)CCOCC1. The summed E-state index contributed by atoms with van der Waals surface area (Å²) in [5, 5.41) is 1.10. The van der Waals surface area contributed by atoms with Crippen molar-refractivity contribution in [2.75, 3.05) is 59.3 Å². The number of nitrogens with zero attached hydrogens (tertiary/aromatic N) is 2. The molecule has 0 saturated carbocycles. The van der Waals surface area contributed by atoms with Crippen molar-refractivity contribution in [1.82, 2.24) is 9.80 Å². The molecule has 1 saturated heterocycles. The van der Waals surface area contributed by atoms with Crippen molar-refractivity contribution in [3.05, 3.63) is 0 Å². The van der Waals surface area contributed by atoms with E-state index in [1.807, 2.05) is 0 Å². The van der Waals surface area contributed by atoms with Gasteiger partial charge in [0.15, 0.2) is 0 Å². The summed E-state index contributed by atoms with van der Waals surface area (Å²) in [6, 6.07) is 0. The molecule has 0 aliphatic carbocycles. The van der Waals surface area contributed by atoms with E-state index in [2.05, 4.69) is 46.9 Å². The molecule has 1 fully saturated rings. The van der Waals surface area contributed by atoms with Gasteiger partial charge < -0.3 is 14.5 Å². The first kappa shape index (κ1) is 15.4. The van der Waals surface area contributed by atoms with Gasteiger partial charge in [-0.2, -0.15) is 0 Å². The topological polar surface area (TPSA) is 15.7 Å². The number of halogens is 1. The second kappa shape index (κ2) is 7.72. The highest BCUT2D eigenvalue weighted by Crippen LogP contribution is 2.33. The molecule has 4 heteroatoms. The molecular formula is C13H27BrN2O. The molecule has 0 bridgehead atoms. The zero-order valence-electron chi connectivity index (χ0n) is 11.5. The van der Waals surface area contributed by atoms with Gasteiger partial charge in [-0.05, 0) is 58.9 Å². The van der Waals surface area contributed by atoms with Crippen molar-refractivity contribution in [2.45, 2.75) is 19.3 Å². The Morgan fingerprint density at radius 3 is 2.29 bits per heavy atom. The Hall–Kier alpha value is 0.360. The minimum atomic E-state index is 0.436. The minimum Gasteiger partial charge on any atom is -0.381 e. The largest absolute Gasteiger partial charge is 0.381 e. The van der Waals surface area contributed by atoms with Gasteiger partial charge in [0.1, 0.15) is 0 Å². The zero-order valence-corrected chi connectivity index (χ0v) is 13.1. The number of alkyl halides is 1. The molecule has 1 rings (SSSR count). The van der Waals surface area contributed by atoms with Gasteiger partial charge >= 0.3 is 0 Å². The van der Waals surface area contributed by atoms with Gasteiger partial charge in [-0.3, -0.25) is 0 Å². The van der Waals surface area contributed by atoms with Crippen molar-refractivity contribution in [1.29, 1.82) is 0 Å². The maximum atomic E-state index is 5.47. The van der Waals surface area contributed by atoms with E-state index in [-0.39, 0.29) is 0 Å². The second-order valence-electron chi connectivity index (χ2n) is 5.64. The van der Waals surface area contributed by atoms with E-state index >= 15 is 0 Å². The maximum absolute atomic E-state index is 5.47. The van der Waals surface area contributed by atoms with Crippen molar-refractivity contribution in [3.8, 4) is 0 Å². The predicted octanol–water partition coefficient (Wildman–Crippen LogP) is 2.06. The lowest BCUT2D eigenvalue weighted by Crippen LogP contribution is -2.41. The summed E-state index contributed by atoms with van der Waals surface area (Å²) in [5.74, 6) is 0. The fourth-order valence-corrected chi connectivity index (χ4v) is 3.18. The Bertz CT molecular complexity index is 206. The molecule has 0 aromatic carbocycles. The van der Waals surface area contributed by atoms with E-state index in [1.54, 1.807) is 0 Å². The Kier molecular flexibility index (Phi) is 7.00. The van der Waals surface area contributed by atoms with E-state index in [0.717, 1.165) is 18.5 Å². The standard InChI is InChI=1S/C13H27BrN2O/c1-15(2)7-4-8-16(3)12-13(11-14)5-9-17-10-6-13/h4-12H2,1-3H3. The molecule has 3 nitrogen and oxygen atoms in total. The molecule has 1 heterocycles. The Balaban J connectivity index is 2.29. The number of hydrogen-bond donors (Lipinski definition) is 0. The summed E-state index contributed by atoms with van der Waals surface area (Å²) in [6.07, 6.45) is 3.63. The van der Waals surface area contributed by atoms with E-state index in [1.165, 1.54) is 38.9 Å². The van der Waals surface area contributed by atoms with Crippen LogP contribution in [-0.2, 0) is 4.74 Å². The quantitative estimate of drug-likeness (QED) is 0.670. The first-order valence-electron chi connectivity index (χ1n) is 6.55. The number of hydrogen-bond acceptors (Lipinski definition) is 3. The van der Waals surface area contributed by atoms with Crippen LogP contribution in [0.5, 0.6) is 0 Å². The van der Waals surface area contributed by atoms with Crippen LogP contribution in [-0.4, -0.2) is 69.1 Å². The molecule has 0 radical (unpaired) electrons. The first-order chi connectivity index (χ1) is 8.08. The van der Waals surface area contributed by atoms with Gasteiger partial charge in [0.05, 0.1) is 0 Å². The van der Waals surface area contributed by atoms with E-state index < -0.39 is 0 Å². The van der Waals surface area contributed by atoms with Crippen LogP contribution < -0.4 is 0 Å². The summed E-state index contributed by atoms with van der Waals surface area (Å²) < 4.78 is 5.47. The lowest BCUT2D eigenvalue weighted by Gasteiger charge is -2.38. The third-order valence-electron chi connectivity index (χ3n) is 3.59. The fourth-order valence-electron chi connectivity index (χ4n) is 2.45. The molecule has 102 valence electrons. The summed E-state index contributed by atoms with van der Waals surface area (Å²) in [5.41, 5.74) is 0.436. The average molecular weight is 307 g/mol. The highest BCUT2D eigenvalue weighted by atomic mass is 79.9. The van der Waals surface area contributed by atoms with Crippen molar-refractivity contribution in [2.24, 2.45) is 5.41 Å². The molecule has 0 atom stereocenters. The van der Waals surface area contributed by atoms with Crippen LogP contribution in [0.2, 0.25) is 0 Å². The molecule has 1 aliphatic heterocycles. The van der Waals surface area contributed by atoms with Crippen molar-refractivity contribution >= 4 is 15.9 Å². The Morgan fingerprint density at radius 2 is 1.76 bits per heavy atom. The van der Waals surface area contributed by atoms with Crippen LogP contribution >= 0.6 is 15.9 Å². The summed E-state index contributed by atoms with van der Waals surface area (Å²) in [6.45, 7) is 5.41. The molecule has 0 aromatic heterocycles. The predicted molar refractivity (Wildman–Crippen MR) is 76.9 cm³/mol. The molecule has 0 amide bonds. The molecule has 0 unspecified atom stereocenters. The zero-order chi connectivity index (χ0) is 12.7. The normalized spacial score (nSPS) is 20.1. The van der Waals surface area contributed by atoms with Crippen LogP contribution in [0.15, 0.2) is 0 Å². The highest BCUT2D eigenvalue weighted by Gasteiger charge is 2.32. The monoisotopic (exact) mass is 306 g/mol. The number of ether oxygens (including phenoxy) is 1. The van der Waals surface area contributed by atoms with E-state index in [9.17, 15) is 0 Å². The van der Waals surface area contributed by atoms with Crippen molar-refractivity contribution in [3.63, 3.8) is 0 Å². The minimum absolute atomic E-state index is 0.436. The average Bonchev–Trinajstić information content (AvgIpc) is 2.29. The van der Waals surface area contributed by atoms with Gasteiger partial charge in [-0.1, -0.05) is 15.9 Å². The van der Waals surface area contributed by atoms with Gasteiger partial charge in [0, 0.05) is 25.1 Å². The van der Waals surface area contributed by atoms with E-state index in [4.69, 9.17) is 4.74 Å². The van der Waals surface area contributed by atoms with Crippen LogP contribution in [0.1, 0.15) is 19.3 Å². The molecule has 0 aromatic rings. The molecule has 0 spiro atoms. The highest BCUT2D eigenvalue weighted by molar-refractivity contribution is 9.09. The third-order valence-corrected chi connectivity index (χ3v) is 4.78. The van der Waals surface area contributed by atoms with Gasteiger partial charge in [-0.25, -0.2) is 0 Å². The Morgan fingerprint density at radius 1 is 1.12 bits per heavy atom. The fraction of sp³-hybridized carbons (Fsp3) is 1.00. The molecule has 0 N–H and O–H groups in total. The smallest absolute Gasteiger partial charge is 0.0472 e. The van der Waals surface area contributed by atoms with Gasteiger partial charge in [0.25, 0.3) is 0 Å². The van der Waals surface area contributed by atoms with E-state index in [0.29, 0.717) is 5.41 Å². The van der Waals surface area contributed by atoms with Crippen LogP contribution in [0, 0.1) is 5.41 Å². The lowest BCUT2D eigenvalue weighted by molar-refractivity contribution is 0.0117. The summed E-state index contributed by atoms with van der Waals surface area (Å²) in [7, 11) is 6.52. The molecular weight excluding hydrogens is 280 g/mol. The van der Waals surface area contributed by atoms with Crippen LogP contribution in [0.4, 0.5) is 0 Å². The maximum Gasteiger partial charge on any atom is 0.0472 e. The first-order valence-corrected chi connectivity index (χ1v) is 7.67. The number of rotatable bonds is 7. The molecule has 1 aliphatic rings. The van der Waals surface area contributed by atoms with Crippen molar-refractivity contribution < 1.29 is 4.74 Å². The lowest BCUT2D eigenvalue weighted by atomic mass is 9.82. The molecule has 17 heavy (non-hydrogen) atoms. The Labute approximate surface area is 115 Å². The summed E-state index contributed by atoms with van der Waals surface area (Å²) in [4.78, 5) is 4.73. The van der Waals surface area contributed by atoms with Crippen LogP contribution in [0.25, 0.3) is 0 Å². The third kappa shape index (κ3) is 5.69. The van der Waals surface area contributed by atoms with Gasteiger partial charge in [0.2, 0.25) is 0 Å². The summed E-state index contributed by atoms with van der Waals surface area (Å²) >= 11 is 3.70.